The Bertz CT molecular complexity index is 712. The van der Waals surface area contributed by atoms with Crippen LogP contribution in [0.15, 0.2) is 30.5 Å². The summed E-state index contributed by atoms with van der Waals surface area (Å²) in [5.41, 5.74) is 5.25. The van der Waals surface area contributed by atoms with E-state index in [1.807, 2.05) is 24.3 Å². The first-order valence-electron chi connectivity index (χ1n) is 7.41. The second kappa shape index (κ2) is 6.80. The first kappa shape index (κ1) is 17.0. The zero-order valence-electron chi connectivity index (χ0n) is 12.9. The minimum absolute atomic E-state index is 0.0240. The third kappa shape index (κ3) is 3.69. The Hall–Kier alpha value is -2.38. The number of carbonyl (C=O) groups excluding carboxylic acids is 1. The van der Waals surface area contributed by atoms with Gasteiger partial charge in [-0.2, -0.15) is 0 Å². The monoisotopic (exact) mass is 319 g/mol. The molecule has 1 heterocycles. The molecule has 2 atom stereocenters. The Morgan fingerprint density at radius 2 is 2.09 bits per heavy atom. The van der Waals surface area contributed by atoms with Gasteiger partial charge in [0.15, 0.2) is 0 Å². The van der Waals surface area contributed by atoms with Gasteiger partial charge in [-0.15, -0.1) is 0 Å². The van der Waals surface area contributed by atoms with Gasteiger partial charge in [0.1, 0.15) is 11.6 Å². The molecule has 1 amide bonds. The third-order valence-corrected chi connectivity index (χ3v) is 3.79. The SMILES string of the molecule is CCNC(=O)C(O)(Cc1c[nH]c2ccccc12)C[C@@H](N)C(=O)O. The molecular weight excluding hydrogens is 298 g/mol. The van der Waals surface area contributed by atoms with E-state index in [0.717, 1.165) is 16.5 Å². The van der Waals surface area contributed by atoms with Crippen LogP contribution in [0.4, 0.5) is 0 Å². The van der Waals surface area contributed by atoms with E-state index in [1.165, 1.54) is 0 Å². The van der Waals surface area contributed by atoms with Crippen molar-refractivity contribution in [2.75, 3.05) is 6.54 Å². The smallest absolute Gasteiger partial charge is 0.320 e. The van der Waals surface area contributed by atoms with Crippen LogP contribution in [0.2, 0.25) is 0 Å². The Morgan fingerprint density at radius 3 is 2.74 bits per heavy atom. The quantitative estimate of drug-likeness (QED) is 0.504. The molecule has 0 saturated carbocycles. The summed E-state index contributed by atoms with van der Waals surface area (Å²) in [6.45, 7) is 2.05. The Kier molecular flexibility index (Phi) is 5.02. The van der Waals surface area contributed by atoms with Gasteiger partial charge >= 0.3 is 5.97 Å². The van der Waals surface area contributed by atoms with E-state index >= 15 is 0 Å². The molecule has 0 fully saturated rings. The normalized spacial score (nSPS) is 15.1. The fraction of sp³-hybridized carbons (Fsp3) is 0.375. The number of rotatable bonds is 7. The zero-order chi connectivity index (χ0) is 17.0. The highest BCUT2D eigenvalue weighted by molar-refractivity contribution is 5.89. The molecule has 1 aromatic carbocycles. The van der Waals surface area contributed by atoms with Crippen LogP contribution in [-0.4, -0.2) is 45.3 Å². The molecule has 0 aliphatic heterocycles. The predicted octanol–water partition coefficient (Wildman–Crippen LogP) is 0.380. The van der Waals surface area contributed by atoms with Gasteiger partial charge in [-0.3, -0.25) is 9.59 Å². The topological polar surface area (TPSA) is 128 Å². The molecule has 0 radical (unpaired) electrons. The average molecular weight is 319 g/mol. The second-order valence-corrected chi connectivity index (χ2v) is 5.58. The number of aromatic nitrogens is 1. The number of H-pyrrole nitrogens is 1. The number of likely N-dealkylation sites (N-methyl/N-ethyl adjacent to an activating group) is 1. The van der Waals surface area contributed by atoms with Crippen LogP contribution in [-0.2, 0) is 16.0 Å². The van der Waals surface area contributed by atoms with Crippen LogP contribution in [0.1, 0.15) is 18.9 Å². The summed E-state index contributed by atoms with van der Waals surface area (Å²) in [4.78, 5) is 26.3. The standard InChI is InChI=1S/C16H21N3O4/c1-2-18-15(22)16(23,8-12(17)14(20)21)7-10-9-19-13-6-4-3-5-11(10)13/h3-6,9,12,19,23H,2,7-8,17H2,1H3,(H,18,22)(H,20,21)/t12-,16?/m1/s1. The number of carboxylic acids is 1. The fourth-order valence-corrected chi connectivity index (χ4v) is 2.61. The van der Waals surface area contributed by atoms with E-state index in [-0.39, 0.29) is 12.8 Å². The van der Waals surface area contributed by atoms with Crippen LogP contribution < -0.4 is 11.1 Å². The van der Waals surface area contributed by atoms with Crippen LogP contribution in [0.3, 0.4) is 0 Å². The van der Waals surface area contributed by atoms with Crippen molar-refractivity contribution in [3.63, 3.8) is 0 Å². The summed E-state index contributed by atoms with van der Waals surface area (Å²) in [5.74, 6) is -1.88. The number of carboxylic acid groups (broad SMARTS) is 1. The van der Waals surface area contributed by atoms with Crippen molar-refractivity contribution < 1.29 is 19.8 Å². The van der Waals surface area contributed by atoms with Crippen LogP contribution in [0.25, 0.3) is 10.9 Å². The van der Waals surface area contributed by atoms with Crippen LogP contribution in [0, 0.1) is 0 Å². The number of benzene rings is 1. The van der Waals surface area contributed by atoms with Crippen molar-refractivity contribution in [2.24, 2.45) is 5.73 Å². The summed E-state index contributed by atoms with van der Waals surface area (Å²) in [5, 5.41) is 23.2. The maximum Gasteiger partial charge on any atom is 0.320 e. The molecule has 0 aliphatic rings. The molecule has 2 aromatic rings. The average Bonchev–Trinajstić information content (AvgIpc) is 2.90. The highest BCUT2D eigenvalue weighted by atomic mass is 16.4. The number of nitrogens with one attached hydrogen (secondary N) is 2. The van der Waals surface area contributed by atoms with Gasteiger partial charge in [0.2, 0.25) is 0 Å². The lowest BCUT2D eigenvalue weighted by Gasteiger charge is -2.28. The van der Waals surface area contributed by atoms with E-state index in [9.17, 15) is 14.7 Å². The van der Waals surface area contributed by atoms with E-state index < -0.39 is 23.5 Å². The maximum atomic E-state index is 12.3. The Morgan fingerprint density at radius 1 is 1.39 bits per heavy atom. The van der Waals surface area contributed by atoms with Gasteiger partial charge in [-0.25, -0.2) is 0 Å². The molecule has 0 aliphatic carbocycles. The lowest BCUT2D eigenvalue weighted by Crippen LogP contribution is -2.53. The van der Waals surface area contributed by atoms with E-state index in [4.69, 9.17) is 10.8 Å². The van der Waals surface area contributed by atoms with Crippen molar-refractivity contribution in [3.8, 4) is 0 Å². The number of amides is 1. The number of para-hydroxylation sites is 1. The number of aliphatic carboxylic acids is 1. The molecule has 7 nitrogen and oxygen atoms in total. The first-order chi connectivity index (χ1) is 10.9. The highest BCUT2D eigenvalue weighted by Crippen LogP contribution is 2.25. The number of hydrogen-bond donors (Lipinski definition) is 5. The minimum Gasteiger partial charge on any atom is -0.480 e. The maximum absolute atomic E-state index is 12.3. The number of aliphatic hydroxyl groups is 1. The summed E-state index contributed by atoms with van der Waals surface area (Å²) >= 11 is 0. The molecular formula is C16H21N3O4. The molecule has 0 spiro atoms. The first-order valence-corrected chi connectivity index (χ1v) is 7.41. The van der Waals surface area contributed by atoms with Gasteiger partial charge in [0.05, 0.1) is 0 Å². The number of hydrogen-bond acceptors (Lipinski definition) is 4. The predicted molar refractivity (Wildman–Crippen MR) is 85.9 cm³/mol. The summed E-state index contributed by atoms with van der Waals surface area (Å²) in [7, 11) is 0. The molecule has 7 heteroatoms. The summed E-state index contributed by atoms with van der Waals surface area (Å²) < 4.78 is 0. The molecule has 1 aromatic heterocycles. The summed E-state index contributed by atoms with van der Waals surface area (Å²) in [6, 6.07) is 6.16. The lowest BCUT2D eigenvalue weighted by atomic mass is 9.87. The molecule has 0 bridgehead atoms. The number of fused-ring (bicyclic) bond motifs is 1. The van der Waals surface area contributed by atoms with Gasteiger partial charge in [0, 0.05) is 36.5 Å². The molecule has 1 unspecified atom stereocenters. The van der Waals surface area contributed by atoms with Gasteiger partial charge in [-0.05, 0) is 18.6 Å². The Balaban J connectivity index is 2.33. The fourth-order valence-electron chi connectivity index (χ4n) is 2.61. The number of carbonyl (C=O) groups is 2. The zero-order valence-corrected chi connectivity index (χ0v) is 12.9. The van der Waals surface area contributed by atoms with Crippen molar-refractivity contribution in [2.45, 2.75) is 31.4 Å². The molecule has 23 heavy (non-hydrogen) atoms. The molecule has 124 valence electrons. The van der Waals surface area contributed by atoms with Gasteiger partial charge in [-0.1, -0.05) is 18.2 Å². The summed E-state index contributed by atoms with van der Waals surface area (Å²) in [6.07, 6.45) is 1.32. The lowest BCUT2D eigenvalue weighted by molar-refractivity contribution is -0.145. The second-order valence-electron chi connectivity index (χ2n) is 5.58. The minimum atomic E-state index is -1.89. The Labute approximate surface area is 133 Å². The number of aromatic amines is 1. The highest BCUT2D eigenvalue weighted by Gasteiger charge is 2.39. The van der Waals surface area contributed by atoms with Crippen molar-refractivity contribution in [1.29, 1.82) is 0 Å². The van der Waals surface area contributed by atoms with E-state index in [0.29, 0.717) is 6.54 Å². The molecule has 6 N–H and O–H groups in total. The van der Waals surface area contributed by atoms with Crippen molar-refractivity contribution >= 4 is 22.8 Å². The van der Waals surface area contributed by atoms with Crippen molar-refractivity contribution in [3.05, 3.63) is 36.0 Å². The third-order valence-electron chi connectivity index (χ3n) is 3.79. The van der Waals surface area contributed by atoms with E-state index in [1.54, 1.807) is 13.1 Å². The molecule has 0 saturated heterocycles. The molecule has 2 rings (SSSR count). The van der Waals surface area contributed by atoms with Gasteiger partial charge < -0.3 is 26.2 Å². The largest absolute Gasteiger partial charge is 0.480 e. The van der Waals surface area contributed by atoms with Crippen LogP contribution >= 0.6 is 0 Å². The van der Waals surface area contributed by atoms with Gasteiger partial charge in [0.25, 0.3) is 5.91 Å². The van der Waals surface area contributed by atoms with Crippen molar-refractivity contribution in [1.82, 2.24) is 10.3 Å². The van der Waals surface area contributed by atoms with E-state index in [2.05, 4.69) is 10.3 Å². The van der Waals surface area contributed by atoms with Crippen LogP contribution in [0.5, 0.6) is 0 Å². The number of nitrogens with two attached hydrogens (primary N) is 1.